The average molecular weight is 394 g/mol. The molecule has 0 atom stereocenters. The van der Waals surface area contributed by atoms with Gasteiger partial charge in [-0.2, -0.15) is 0 Å². The third kappa shape index (κ3) is 4.31. The Morgan fingerprint density at radius 3 is 2.17 bits per heavy atom. The molecule has 0 bridgehead atoms. The third-order valence-electron chi connectivity index (χ3n) is 5.57. The van der Waals surface area contributed by atoms with E-state index in [0.29, 0.717) is 37.2 Å². The number of nitrogens with zero attached hydrogens (tertiary/aromatic N) is 1. The van der Waals surface area contributed by atoms with Gasteiger partial charge in [-0.3, -0.25) is 14.4 Å². The van der Waals surface area contributed by atoms with Gasteiger partial charge >= 0.3 is 5.97 Å². The Kier molecular flexibility index (Phi) is 6.01. The van der Waals surface area contributed by atoms with Crippen molar-refractivity contribution in [2.24, 2.45) is 5.41 Å². The van der Waals surface area contributed by atoms with Gasteiger partial charge in [-0.05, 0) is 56.0 Å². The first-order valence-electron chi connectivity index (χ1n) is 9.88. The number of rotatable bonds is 7. The SMILES string of the molecule is CCN(CC)C(=O)c1cccc(NC(=O)CC2(C(=O)O)Cc3ccccc3C2)c1. The minimum absolute atomic E-state index is 0.0978. The summed E-state index contributed by atoms with van der Waals surface area (Å²) in [6.45, 7) is 5.04. The first-order chi connectivity index (χ1) is 13.9. The first kappa shape index (κ1) is 20.6. The molecule has 0 saturated heterocycles. The van der Waals surface area contributed by atoms with Crippen molar-refractivity contribution in [2.75, 3.05) is 18.4 Å². The van der Waals surface area contributed by atoms with Crippen LogP contribution in [0.15, 0.2) is 48.5 Å². The van der Waals surface area contributed by atoms with Crippen LogP contribution in [0.1, 0.15) is 41.8 Å². The van der Waals surface area contributed by atoms with Gasteiger partial charge in [-0.25, -0.2) is 0 Å². The highest BCUT2D eigenvalue weighted by Gasteiger charge is 2.45. The van der Waals surface area contributed by atoms with Gasteiger partial charge < -0.3 is 15.3 Å². The van der Waals surface area contributed by atoms with E-state index in [1.54, 1.807) is 29.2 Å². The number of carbonyl (C=O) groups excluding carboxylic acids is 2. The molecule has 6 nitrogen and oxygen atoms in total. The fourth-order valence-corrected chi connectivity index (χ4v) is 3.98. The second kappa shape index (κ2) is 8.47. The monoisotopic (exact) mass is 394 g/mol. The molecule has 152 valence electrons. The predicted octanol–water partition coefficient (Wildman–Crippen LogP) is 3.37. The van der Waals surface area contributed by atoms with Crippen LogP contribution < -0.4 is 5.32 Å². The Bertz CT molecular complexity index is 909. The minimum Gasteiger partial charge on any atom is -0.481 e. The normalized spacial score (nSPS) is 14.1. The van der Waals surface area contributed by atoms with Crippen LogP contribution in [-0.2, 0) is 22.4 Å². The van der Waals surface area contributed by atoms with Crippen LogP contribution in [-0.4, -0.2) is 40.9 Å². The standard InChI is InChI=1S/C23H26N2O4/c1-3-25(4-2)21(27)16-10-7-11-19(12-16)24-20(26)15-23(22(28)29)13-17-8-5-6-9-18(17)14-23/h5-12H,3-4,13-15H2,1-2H3,(H,24,26)(H,28,29). The number of amides is 2. The maximum Gasteiger partial charge on any atom is 0.310 e. The highest BCUT2D eigenvalue weighted by Crippen LogP contribution is 2.40. The Balaban J connectivity index is 1.73. The van der Waals surface area contributed by atoms with Crippen LogP contribution in [0.4, 0.5) is 5.69 Å². The summed E-state index contributed by atoms with van der Waals surface area (Å²) in [6, 6.07) is 14.4. The van der Waals surface area contributed by atoms with E-state index in [-0.39, 0.29) is 18.2 Å². The van der Waals surface area contributed by atoms with Crippen LogP contribution in [0.25, 0.3) is 0 Å². The number of carbonyl (C=O) groups is 3. The number of carboxylic acid groups (broad SMARTS) is 1. The van der Waals surface area contributed by atoms with Crippen molar-refractivity contribution in [3.63, 3.8) is 0 Å². The smallest absolute Gasteiger partial charge is 0.310 e. The summed E-state index contributed by atoms with van der Waals surface area (Å²) in [6.07, 6.45) is 0.560. The van der Waals surface area contributed by atoms with Crippen molar-refractivity contribution in [1.82, 2.24) is 4.90 Å². The zero-order chi connectivity index (χ0) is 21.0. The summed E-state index contributed by atoms with van der Waals surface area (Å²) in [5.41, 5.74) is 1.81. The molecule has 29 heavy (non-hydrogen) atoms. The van der Waals surface area contributed by atoms with Crippen molar-refractivity contribution in [3.8, 4) is 0 Å². The quantitative estimate of drug-likeness (QED) is 0.754. The van der Waals surface area contributed by atoms with E-state index >= 15 is 0 Å². The molecular weight excluding hydrogens is 368 g/mol. The number of carboxylic acids is 1. The van der Waals surface area contributed by atoms with Crippen molar-refractivity contribution in [2.45, 2.75) is 33.1 Å². The fourth-order valence-electron chi connectivity index (χ4n) is 3.98. The number of hydrogen-bond acceptors (Lipinski definition) is 3. The minimum atomic E-state index is -1.14. The Morgan fingerprint density at radius 2 is 1.62 bits per heavy atom. The molecule has 6 heteroatoms. The molecule has 0 unspecified atom stereocenters. The van der Waals surface area contributed by atoms with Gasteiger partial charge in [-0.1, -0.05) is 30.3 Å². The van der Waals surface area contributed by atoms with E-state index < -0.39 is 11.4 Å². The van der Waals surface area contributed by atoms with Crippen molar-refractivity contribution in [3.05, 3.63) is 65.2 Å². The zero-order valence-electron chi connectivity index (χ0n) is 16.8. The number of aliphatic carboxylic acids is 1. The number of anilines is 1. The summed E-state index contributed by atoms with van der Waals surface area (Å²) in [7, 11) is 0. The average Bonchev–Trinajstić information content (AvgIpc) is 3.08. The topological polar surface area (TPSA) is 86.7 Å². The summed E-state index contributed by atoms with van der Waals surface area (Å²) in [5.74, 6) is -1.43. The highest BCUT2D eigenvalue weighted by atomic mass is 16.4. The van der Waals surface area contributed by atoms with Gasteiger partial charge in [0, 0.05) is 30.8 Å². The van der Waals surface area contributed by atoms with E-state index in [4.69, 9.17) is 0 Å². The molecule has 2 aromatic carbocycles. The molecule has 0 heterocycles. The molecule has 0 spiro atoms. The van der Waals surface area contributed by atoms with Crippen LogP contribution >= 0.6 is 0 Å². The van der Waals surface area contributed by atoms with E-state index in [9.17, 15) is 19.5 Å². The van der Waals surface area contributed by atoms with Gasteiger partial charge in [0.25, 0.3) is 5.91 Å². The molecule has 2 amide bonds. The summed E-state index contributed by atoms with van der Waals surface area (Å²) < 4.78 is 0. The Labute approximate surface area is 170 Å². The number of fused-ring (bicyclic) bond motifs is 1. The lowest BCUT2D eigenvalue weighted by Crippen LogP contribution is -2.36. The number of benzene rings is 2. The lowest BCUT2D eigenvalue weighted by molar-refractivity contribution is -0.150. The van der Waals surface area contributed by atoms with Gasteiger partial charge in [0.15, 0.2) is 0 Å². The fraction of sp³-hybridized carbons (Fsp3) is 0.348. The van der Waals surface area contributed by atoms with Gasteiger partial charge in [-0.15, -0.1) is 0 Å². The lowest BCUT2D eigenvalue weighted by atomic mass is 9.81. The maximum absolute atomic E-state index is 12.7. The molecule has 0 aliphatic heterocycles. The van der Waals surface area contributed by atoms with Gasteiger partial charge in [0.2, 0.25) is 5.91 Å². The van der Waals surface area contributed by atoms with Crippen LogP contribution in [0.3, 0.4) is 0 Å². The second-order valence-electron chi connectivity index (χ2n) is 7.49. The molecule has 1 aliphatic carbocycles. The second-order valence-corrected chi connectivity index (χ2v) is 7.49. The summed E-state index contributed by atoms with van der Waals surface area (Å²) >= 11 is 0. The molecule has 0 aromatic heterocycles. The molecule has 0 radical (unpaired) electrons. The highest BCUT2D eigenvalue weighted by molar-refractivity contribution is 5.98. The van der Waals surface area contributed by atoms with Crippen molar-refractivity contribution < 1.29 is 19.5 Å². The molecule has 1 aliphatic rings. The maximum atomic E-state index is 12.7. The largest absolute Gasteiger partial charge is 0.481 e. The van der Waals surface area contributed by atoms with Gasteiger partial charge in [0.05, 0.1) is 5.41 Å². The molecular formula is C23H26N2O4. The molecule has 2 aromatic rings. The van der Waals surface area contributed by atoms with Crippen LogP contribution in [0, 0.1) is 5.41 Å². The van der Waals surface area contributed by atoms with E-state index in [1.165, 1.54) is 0 Å². The number of hydrogen-bond donors (Lipinski definition) is 2. The van der Waals surface area contributed by atoms with Crippen molar-refractivity contribution >= 4 is 23.5 Å². The van der Waals surface area contributed by atoms with E-state index in [2.05, 4.69) is 5.32 Å². The Morgan fingerprint density at radius 1 is 1.00 bits per heavy atom. The molecule has 0 fully saturated rings. The van der Waals surface area contributed by atoms with Crippen molar-refractivity contribution in [1.29, 1.82) is 0 Å². The third-order valence-corrected chi connectivity index (χ3v) is 5.57. The number of nitrogens with one attached hydrogen (secondary N) is 1. The van der Waals surface area contributed by atoms with Gasteiger partial charge in [0.1, 0.15) is 0 Å². The van der Waals surface area contributed by atoms with Crippen LogP contribution in [0.5, 0.6) is 0 Å². The predicted molar refractivity (Wildman–Crippen MR) is 111 cm³/mol. The molecule has 0 saturated carbocycles. The first-order valence-corrected chi connectivity index (χ1v) is 9.88. The van der Waals surface area contributed by atoms with Crippen LogP contribution in [0.2, 0.25) is 0 Å². The molecule has 3 rings (SSSR count). The summed E-state index contributed by atoms with van der Waals surface area (Å²) in [5, 5.41) is 12.6. The zero-order valence-corrected chi connectivity index (χ0v) is 16.8. The Hall–Kier alpha value is -3.15. The summed E-state index contributed by atoms with van der Waals surface area (Å²) in [4.78, 5) is 39.0. The molecule has 2 N–H and O–H groups in total. The lowest BCUT2D eigenvalue weighted by Gasteiger charge is -2.23. The van der Waals surface area contributed by atoms with E-state index in [1.807, 2.05) is 38.1 Å². The van der Waals surface area contributed by atoms with E-state index in [0.717, 1.165) is 11.1 Å².